The van der Waals surface area contributed by atoms with Gasteiger partial charge in [-0.1, -0.05) is 6.92 Å². The fourth-order valence-electron chi connectivity index (χ4n) is 2.72. The van der Waals surface area contributed by atoms with Gasteiger partial charge < -0.3 is 5.32 Å². The van der Waals surface area contributed by atoms with Gasteiger partial charge in [-0.05, 0) is 58.0 Å². The van der Waals surface area contributed by atoms with E-state index in [0.29, 0.717) is 0 Å². The van der Waals surface area contributed by atoms with Gasteiger partial charge in [0.1, 0.15) is 0 Å². The number of hydrogen-bond donors (Lipinski definition) is 1. The van der Waals surface area contributed by atoms with Crippen molar-refractivity contribution >= 4 is 0 Å². The summed E-state index contributed by atoms with van der Waals surface area (Å²) in [6.07, 6.45) is 7.02. The van der Waals surface area contributed by atoms with Crippen LogP contribution in [0.3, 0.4) is 0 Å². The Labute approximate surface area is 94.4 Å². The Morgan fingerprint density at radius 1 is 1.27 bits per heavy atom. The lowest BCUT2D eigenvalue weighted by atomic mass is 10.1. The number of rotatable bonds is 6. The smallest absolute Gasteiger partial charge is 0.0218 e. The topological polar surface area (TPSA) is 15.3 Å². The van der Waals surface area contributed by atoms with Crippen LogP contribution in [0, 0.1) is 5.92 Å². The van der Waals surface area contributed by atoms with Gasteiger partial charge >= 0.3 is 0 Å². The SMILES string of the molecule is CCC(CNC(C)C1CC1)N1CCCC1. The van der Waals surface area contributed by atoms with Gasteiger partial charge in [-0.15, -0.1) is 0 Å². The summed E-state index contributed by atoms with van der Waals surface area (Å²) in [6, 6.07) is 1.54. The van der Waals surface area contributed by atoms with Gasteiger partial charge in [0.15, 0.2) is 0 Å². The molecule has 15 heavy (non-hydrogen) atoms. The van der Waals surface area contributed by atoms with Crippen molar-refractivity contribution in [2.45, 2.75) is 58.0 Å². The van der Waals surface area contributed by atoms with Crippen molar-refractivity contribution in [2.75, 3.05) is 19.6 Å². The molecule has 0 radical (unpaired) electrons. The van der Waals surface area contributed by atoms with E-state index in [9.17, 15) is 0 Å². The lowest BCUT2D eigenvalue weighted by Gasteiger charge is -2.28. The summed E-state index contributed by atoms with van der Waals surface area (Å²) in [5.41, 5.74) is 0. The van der Waals surface area contributed by atoms with Crippen molar-refractivity contribution in [3.05, 3.63) is 0 Å². The molecule has 2 aliphatic rings. The normalized spacial score (nSPS) is 26.8. The first-order valence-corrected chi connectivity index (χ1v) is 6.78. The van der Waals surface area contributed by atoms with Crippen molar-refractivity contribution in [1.82, 2.24) is 10.2 Å². The molecule has 0 bridgehead atoms. The largest absolute Gasteiger partial charge is 0.312 e. The second-order valence-corrected chi connectivity index (χ2v) is 5.34. The van der Waals surface area contributed by atoms with Gasteiger partial charge in [0.05, 0.1) is 0 Å². The molecule has 1 heterocycles. The highest BCUT2D eigenvalue weighted by Gasteiger charge is 2.28. The molecule has 0 aromatic heterocycles. The van der Waals surface area contributed by atoms with Gasteiger partial charge in [0.25, 0.3) is 0 Å². The molecule has 1 aliphatic carbocycles. The fourth-order valence-corrected chi connectivity index (χ4v) is 2.72. The molecule has 2 unspecified atom stereocenters. The van der Waals surface area contributed by atoms with Crippen LogP contribution in [0.4, 0.5) is 0 Å². The maximum atomic E-state index is 3.73. The lowest BCUT2D eigenvalue weighted by molar-refractivity contribution is 0.223. The fraction of sp³-hybridized carbons (Fsp3) is 1.00. The molecule has 0 aromatic carbocycles. The minimum absolute atomic E-state index is 0.752. The predicted octanol–water partition coefficient (Wildman–Crippen LogP) is 2.25. The first kappa shape index (κ1) is 11.4. The summed E-state index contributed by atoms with van der Waals surface area (Å²) in [6.45, 7) is 8.55. The average Bonchev–Trinajstić information content (AvgIpc) is 2.97. The van der Waals surface area contributed by atoms with E-state index < -0.39 is 0 Å². The van der Waals surface area contributed by atoms with Gasteiger partial charge in [0, 0.05) is 18.6 Å². The number of likely N-dealkylation sites (tertiary alicyclic amines) is 1. The highest BCUT2D eigenvalue weighted by Crippen LogP contribution is 2.32. The van der Waals surface area contributed by atoms with E-state index in [1.54, 1.807) is 0 Å². The number of hydrogen-bond acceptors (Lipinski definition) is 2. The third-order valence-electron chi connectivity index (χ3n) is 4.13. The van der Waals surface area contributed by atoms with Crippen LogP contribution >= 0.6 is 0 Å². The maximum absolute atomic E-state index is 3.73. The Hall–Kier alpha value is -0.0800. The summed E-state index contributed by atoms with van der Waals surface area (Å²) in [5.74, 6) is 0.987. The second-order valence-electron chi connectivity index (χ2n) is 5.34. The Morgan fingerprint density at radius 2 is 1.93 bits per heavy atom. The van der Waals surface area contributed by atoms with E-state index in [0.717, 1.165) is 18.0 Å². The van der Waals surface area contributed by atoms with Crippen LogP contribution in [0.2, 0.25) is 0 Å². The minimum Gasteiger partial charge on any atom is -0.312 e. The summed E-state index contributed by atoms with van der Waals surface area (Å²) >= 11 is 0. The summed E-state index contributed by atoms with van der Waals surface area (Å²) in [4.78, 5) is 2.67. The standard InChI is InChI=1S/C13H26N2/c1-3-13(15-8-4-5-9-15)10-14-11(2)12-6-7-12/h11-14H,3-10H2,1-2H3. The molecule has 2 nitrogen and oxygen atoms in total. The van der Waals surface area contributed by atoms with Crippen molar-refractivity contribution < 1.29 is 0 Å². The van der Waals surface area contributed by atoms with E-state index in [1.807, 2.05) is 0 Å². The zero-order chi connectivity index (χ0) is 10.7. The van der Waals surface area contributed by atoms with Crippen molar-refractivity contribution in [3.8, 4) is 0 Å². The molecule has 1 saturated carbocycles. The van der Waals surface area contributed by atoms with Crippen LogP contribution in [0.25, 0.3) is 0 Å². The molecule has 1 aliphatic heterocycles. The predicted molar refractivity (Wildman–Crippen MR) is 65.1 cm³/mol. The quantitative estimate of drug-likeness (QED) is 0.723. The Balaban J connectivity index is 1.69. The van der Waals surface area contributed by atoms with E-state index in [-0.39, 0.29) is 0 Å². The minimum atomic E-state index is 0.752. The molecule has 1 saturated heterocycles. The average molecular weight is 210 g/mol. The summed E-state index contributed by atoms with van der Waals surface area (Å²) < 4.78 is 0. The molecule has 0 spiro atoms. The van der Waals surface area contributed by atoms with Gasteiger partial charge in [-0.2, -0.15) is 0 Å². The van der Waals surface area contributed by atoms with Crippen molar-refractivity contribution in [3.63, 3.8) is 0 Å². The zero-order valence-electron chi connectivity index (χ0n) is 10.3. The second kappa shape index (κ2) is 5.31. The van der Waals surface area contributed by atoms with Gasteiger partial charge in [-0.3, -0.25) is 4.90 Å². The third kappa shape index (κ3) is 3.18. The summed E-state index contributed by atoms with van der Waals surface area (Å²) in [7, 11) is 0. The molecule has 1 N–H and O–H groups in total. The van der Waals surface area contributed by atoms with Crippen LogP contribution in [-0.2, 0) is 0 Å². The number of nitrogens with one attached hydrogen (secondary N) is 1. The first-order valence-electron chi connectivity index (χ1n) is 6.78. The molecule has 0 aromatic rings. The van der Waals surface area contributed by atoms with E-state index >= 15 is 0 Å². The molecule has 2 rings (SSSR count). The van der Waals surface area contributed by atoms with Crippen LogP contribution in [0.1, 0.15) is 46.0 Å². The monoisotopic (exact) mass is 210 g/mol. The Kier molecular flexibility index (Phi) is 4.04. The van der Waals surface area contributed by atoms with Crippen LogP contribution < -0.4 is 5.32 Å². The van der Waals surface area contributed by atoms with E-state index in [4.69, 9.17) is 0 Å². The van der Waals surface area contributed by atoms with E-state index in [2.05, 4.69) is 24.1 Å². The Bertz CT molecular complexity index is 183. The highest BCUT2D eigenvalue weighted by atomic mass is 15.2. The molecule has 2 fully saturated rings. The molecule has 2 heteroatoms. The number of nitrogens with zero attached hydrogens (tertiary/aromatic N) is 1. The van der Waals surface area contributed by atoms with Gasteiger partial charge in [-0.25, -0.2) is 0 Å². The van der Waals surface area contributed by atoms with Crippen LogP contribution in [-0.4, -0.2) is 36.6 Å². The van der Waals surface area contributed by atoms with E-state index in [1.165, 1.54) is 51.7 Å². The molecule has 2 atom stereocenters. The van der Waals surface area contributed by atoms with Crippen LogP contribution in [0.15, 0.2) is 0 Å². The zero-order valence-corrected chi connectivity index (χ0v) is 10.3. The van der Waals surface area contributed by atoms with Gasteiger partial charge in [0.2, 0.25) is 0 Å². The first-order chi connectivity index (χ1) is 7.31. The van der Waals surface area contributed by atoms with Crippen LogP contribution in [0.5, 0.6) is 0 Å². The Morgan fingerprint density at radius 3 is 2.47 bits per heavy atom. The third-order valence-corrected chi connectivity index (χ3v) is 4.13. The molecule has 0 amide bonds. The lowest BCUT2D eigenvalue weighted by Crippen LogP contribution is -2.43. The molecular formula is C13H26N2. The highest BCUT2D eigenvalue weighted by molar-refractivity contribution is 4.85. The van der Waals surface area contributed by atoms with Crippen molar-refractivity contribution in [1.29, 1.82) is 0 Å². The maximum Gasteiger partial charge on any atom is 0.0218 e. The summed E-state index contributed by atoms with van der Waals surface area (Å²) in [5, 5.41) is 3.73. The molecular weight excluding hydrogens is 184 g/mol. The van der Waals surface area contributed by atoms with Crippen molar-refractivity contribution in [2.24, 2.45) is 5.92 Å². The molecule has 88 valence electrons.